The third-order valence-electron chi connectivity index (χ3n) is 4.85. The number of nitrogens with one attached hydrogen (secondary N) is 1. The first-order chi connectivity index (χ1) is 14.5. The molecule has 30 heavy (non-hydrogen) atoms. The van der Waals surface area contributed by atoms with Crippen molar-refractivity contribution in [3.63, 3.8) is 0 Å². The third-order valence-corrected chi connectivity index (χ3v) is 4.85. The van der Waals surface area contributed by atoms with Crippen LogP contribution < -0.4 is 5.32 Å². The predicted molar refractivity (Wildman–Crippen MR) is 111 cm³/mol. The Morgan fingerprint density at radius 3 is 2.33 bits per heavy atom. The number of hydrogen-bond donors (Lipinski definition) is 3. The van der Waals surface area contributed by atoms with E-state index >= 15 is 0 Å². The highest BCUT2D eigenvalue weighted by atomic mass is 16.4. The van der Waals surface area contributed by atoms with Crippen molar-refractivity contribution in [1.82, 2.24) is 10.3 Å². The van der Waals surface area contributed by atoms with Gasteiger partial charge in [-0.25, -0.2) is 4.98 Å². The zero-order chi connectivity index (χ0) is 21.5. The Balaban J connectivity index is 1.73. The fourth-order valence-corrected chi connectivity index (χ4v) is 3.21. The summed E-state index contributed by atoms with van der Waals surface area (Å²) in [6, 6.07) is 17.6. The van der Waals surface area contributed by atoms with Gasteiger partial charge in [0.25, 0.3) is 5.91 Å². The largest absolute Gasteiger partial charge is 0.481 e. The molecule has 7 heteroatoms. The van der Waals surface area contributed by atoms with Crippen LogP contribution in [-0.4, -0.2) is 33.1 Å². The maximum absolute atomic E-state index is 12.5. The van der Waals surface area contributed by atoms with Crippen molar-refractivity contribution in [3.8, 4) is 11.1 Å². The number of oxazole rings is 1. The standard InChI is InChI=1S/C23H24N2O5/c1-15(23(28)29)11-19(25-22(27)20-13-24-21(14-26)30-20)12-16-7-9-18(10-8-16)17-5-3-2-4-6-17/h2-10,13,15,19,26H,11-12,14H2,1H3,(H,25,27)(H,28,29). The highest BCUT2D eigenvalue weighted by Gasteiger charge is 2.22. The summed E-state index contributed by atoms with van der Waals surface area (Å²) in [5.74, 6) is -2.01. The normalized spacial score (nSPS) is 12.9. The molecule has 0 saturated heterocycles. The van der Waals surface area contributed by atoms with Gasteiger partial charge >= 0.3 is 5.97 Å². The lowest BCUT2D eigenvalue weighted by Gasteiger charge is -2.20. The SMILES string of the molecule is CC(CC(Cc1ccc(-c2ccccc2)cc1)NC(=O)c1cnc(CO)o1)C(=O)O. The van der Waals surface area contributed by atoms with Crippen molar-refractivity contribution in [2.45, 2.75) is 32.4 Å². The number of aliphatic carboxylic acids is 1. The number of amides is 1. The van der Waals surface area contributed by atoms with Gasteiger partial charge in [0.15, 0.2) is 0 Å². The van der Waals surface area contributed by atoms with Crippen LogP contribution in [0, 0.1) is 5.92 Å². The van der Waals surface area contributed by atoms with Crippen molar-refractivity contribution in [2.24, 2.45) is 5.92 Å². The predicted octanol–water partition coefficient (Wildman–Crippen LogP) is 3.29. The maximum atomic E-state index is 12.5. The van der Waals surface area contributed by atoms with Crippen LogP contribution in [0.25, 0.3) is 11.1 Å². The Bertz CT molecular complexity index is 982. The molecule has 3 aromatic rings. The average molecular weight is 408 g/mol. The number of carbonyl (C=O) groups is 2. The molecule has 0 fully saturated rings. The topological polar surface area (TPSA) is 113 Å². The molecule has 1 amide bonds. The zero-order valence-corrected chi connectivity index (χ0v) is 16.6. The zero-order valence-electron chi connectivity index (χ0n) is 16.6. The average Bonchev–Trinajstić information content (AvgIpc) is 3.24. The second kappa shape index (κ2) is 9.84. The Hall–Kier alpha value is -3.45. The quantitative estimate of drug-likeness (QED) is 0.501. The van der Waals surface area contributed by atoms with Crippen LogP contribution in [0.1, 0.15) is 35.4 Å². The molecule has 156 valence electrons. The van der Waals surface area contributed by atoms with Gasteiger partial charge in [0.2, 0.25) is 11.7 Å². The minimum atomic E-state index is -0.920. The van der Waals surface area contributed by atoms with Gasteiger partial charge in [0.1, 0.15) is 6.61 Å². The summed E-state index contributed by atoms with van der Waals surface area (Å²) in [5, 5.41) is 21.2. The van der Waals surface area contributed by atoms with E-state index in [9.17, 15) is 14.7 Å². The van der Waals surface area contributed by atoms with Gasteiger partial charge in [-0.3, -0.25) is 9.59 Å². The summed E-state index contributed by atoms with van der Waals surface area (Å²) in [6.07, 6.45) is 1.98. The number of aromatic nitrogens is 1. The molecule has 7 nitrogen and oxygen atoms in total. The van der Waals surface area contributed by atoms with E-state index in [1.165, 1.54) is 6.20 Å². The highest BCUT2D eigenvalue weighted by molar-refractivity contribution is 5.91. The molecule has 0 saturated carbocycles. The summed E-state index contributed by atoms with van der Waals surface area (Å²) in [7, 11) is 0. The summed E-state index contributed by atoms with van der Waals surface area (Å²) in [4.78, 5) is 27.6. The molecule has 0 aliphatic rings. The molecule has 0 spiro atoms. The van der Waals surface area contributed by atoms with Gasteiger partial charge in [-0.15, -0.1) is 0 Å². The number of carboxylic acid groups (broad SMARTS) is 1. The minimum Gasteiger partial charge on any atom is -0.481 e. The van der Waals surface area contributed by atoms with E-state index in [4.69, 9.17) is 9.52 Å². The van der Waals surface area contributed by atoms with Crippen LogP contribution in [-0.2, 0) is 17.8 Å². The molecule has 3 rings (SSSR count). The van der Waals surface area contributed by atoms with Crippen molar-refractivity contribution in [1.29, 1.82) is 0 Å². The number of aliphatic hydroxyl groups excluding tert-OH is 1. The lowest BCUT2D eigenvalue weighted by Crippen LogP contribution is -2.38. The summed E-state index contributed by atoms with van der Waals surface area (Å²) in [5.41, 5.74) is 3.17. The van der Waals surface area contributed by atoms with E-state index in [1.54, 1.807) is 6.92 Å². The molecular formula is C23H24N2O5. The molecule has 0 aliphatic carbocycles. The monoisotopic (exact) mass is 408 g/mol. The summed E-state index contributed by atoms with van der Waals surface area (Å²) in [6.45, 7) is 1.21. The van der Waals surface area contributed by atoms with E-state index in [-0.39, 0.29) is 18.1 Å². The van der Waals surface area contributed by atoms with Crippen molar-refractivity contribution < 1.29 is 24.2 Å². The van der Waals surface area contributed by atoms with Crippen LogP contribution in [0.15, 0.2) is 65.2 Å². The van der Waals surface area contributed by atoms with Crippen molar-refractivity contribution in [3.05, 3.63) is 78.0 Å². The summed E-state index contributed by atoms with van der Waals surface area (Å²) >= 11 is 0. The number of carbonyl (C=O) groups excluding carboxylic acids is 1. The van der Waals surface area contributed by atoms with Gasteiger partial charge in [-0.05, 0) is 29.5 Å². The number of benzene rings is 2. The van der Waals surface area contributed by atoms with Gasteiger partial charge < -0.3 is 19.9 Å². The number of aliphatic hydroxyl groups is 1. The molecule has 2 aromatic carbocycles. The highest BCUT2D eigenvalue weighted by Crippen LogP contribution is 2.21. The van der Waals surface area contributed by atoms with Gasteiger partial charge in [-0.2, -0.15) is 0 Å². The van der Waals surface area contributed by atoms with Crippen molar-refractivity contribution >= 4 is 11.9 Å². The Morgan fingerprint density at radius 2 is 1.73 bits per heavy atom. The number of carboxylic acids is 1. The fraction of sp³-hybridized carbons (Fsp3) is 0.261. The van der Waals surface area contributed by atoms with Crippen LogP contribution in [0.5, 0.6) is 0 Å². The van der Waals surface area contributed by atoms with Crippen LogP contribution >= 0.6 is 0 Å². The molecule has 0 bridgehead atoms. The smallest absolute Gasteiger partial charge is 0.306 e. The maximum Gasteiger partial charge on any atom is 0.306 e. The van der Waals surface area contributed by atoms with Crippen LogP contribution in [0.2, 0.25) is 0 Å². The van der Waals surface area contributed by atoms with E-state index in [0.29, 0.717) is 6.42 Å². The van der Waals surface area contributed by atoms with E-state index in [0.717, 1.165) is 16.7 Å². The van der Waals surface area contributed by atoms with Gasteiger partial charge in [0, 0.05) is 6.04 Å². The van der Waals surface area contributed by atoms with Gasteiger partial charge in [0.05, 0.1) is 12.1 Å². The lowest BCUT2D eigenvalue weighted by molar-refractivity contribution is -0.141. The molecule has 3 N–H and O–H groups in total. The van der Waals surface area contributed by atoms with Crippen LogP contribution in [0.3, 0.4) is 0 Å². The minimum absolute atomic E-state index is 0.0218. The summed E-state index contributed by atoms with van der Waals surface area (Å²) < 4.78 is 5.17. The first-order valence-corrected chi connectivity index (χ1v) is 9.70. The van der Waals surface area contributed by atoms with Crippen LogP contribution in [0.4, 0.5) is 0 Å². The van der Waals surface area contributed by atoms with E-state index < -0.39 is 30.4 Å². The molecule has 1 heterocycles. The molecule has 1 aromatic heterocycles. The Morgan fingerprint density at radius 1 is 1.07 bits per heavy atom. The Kier molecular flexibility index (Phi) is 6.98. The molecule has 0 radical (unpaired) electrons. The first kappa shape index (κ1) is 21.3. The second-order valence-corrected chi connectivity index (χ2v) is 7.19. The van der Waals surface area contributed by atoms with Gasteiger partial charge in [-0.1, -0.05) is 61.5 Å². The molecule has 0 aliphatic heterocycles. The number of rotatable bonds is 9. The number of nitrogens with zero attached hydrogens (tertiary/aromatic N) is 1. The Labute approximate surface area is 174 Å². The third kappa shape index (κ3) is 5.55. The second-order valence-electron chi connectivity index (χ2n) is 7.19. The molecule has 2 atom stereocenters. The van der Waals surface area contributed by atoms with Crippen molar-refractivity contribution in [2.75, 3.05) is 0 Å². The van der Waals surface area contributed by atoms with E-state index in [1.807, 2.05) is 54.6 Å². The fourth-order valence-electron chi connectivity index (χ4n) is 3.21. The molecular weight excluding hydrogens is 384 g/mol. The lowest BCUT2D eigenvalue weighted by atomic mass is 9.95. The number of hydrogen-bond acceptors (Lipinski definition) is 5. The van der Waals surface area contributed by atoms with E-state index in [2.05, 4.69) is 10.3 Å². The first-order valence-electron chi connectivity index (χ1n) is 9.70. The molecule has 2 unspecified atom stereocenters.